The highest BCUT2D eigenvalue weighted by molar-refractivity contribution is 7.93. The normalized spacial score (nSPS) is 13.2. The summed E-state index contributed by atoms with van der Waals surface area (Å²) in [6.45, 7) is 5.03. The minimum atomic E-state index is -1.91. The van der Waals surface area contributed by atoms with E-state index < -0.39 is 22.7 Å². The number of carbonyl (C=O) groups excluding carboxylic acids is 1. The minimum Gasteiger partial charge on any atom is -0.443 e. The lowest BCUT2D eigenvalue weighted by atomic mass is 10.2. The summed E-state index contributed by atoms with van der Waals surface area (Å²) in [5.41, 5.74) is -0.691. The Balaban J connectivity index is 2.64. The van der Waals surface area contributed by atoms with E-state index in [2.05, 4.69) is 9.82 Å². The van der Waals surface area contributed by atoms with Crippen LogP contribution in [0.5, 0.6) is 0 Å². The largest absolute Gasteiger partial charge is 0.443 e. The lowest BCUT2D eigenvalue weighted by Crippen LogP contribution is -2.34. The summed E-state index contributed by atoms with van der Waals surface area (Å²) < 4.78 is 31.8. The van der Waals surface area contributed by atoms with Gasteiger partial charge in [0.1, 0.15) is 5.60 Å². The average molecular weight is 281 g/mol. The van der Waals surface area contributed by atoms with Gasteiger partial charge < -0.3 is 4.74 Å². The van der Waals surface area contributed by atoms with Crippen LogP contribution in [0.1, 0.15) is 20.8 Å². The van der Waals surface area contributed by atoms with Crippen molar-refractivity contribution in [2.75, 3.05) is 0 Å². The third kappa shape index (κ3) is 4.35. The van der Waals surface area contributed by atoms with Crippen molar-refractivity contribution in [2.45, 2.75) is 31.4 Å². The SMILES string of the molecule is CC(C)(C)OC(=O)NS(=O)c1ccnn1SF. The molecule has 0 aliphatic heterocycles. The van der Waals surface area contributed by atoms with E-state index in [1.54, 1.807) is 20.8 Å². The van der Waals surface area contributed by atoms with Gasteiger partial charge in [0, 0.05) is 0 Å². The molecule has 1 heterocycles. The molecule has 1 atom stereocenters. The van der Waals surface area contributed by atoms with Crippen molar-refractivity contribution in [1.29, 1.82) is 0 Å². The smallest absolute Gasteiger partial charge is 0.419 e. The molecule has 1 rings (SSSR count). The number of nitrogens with zero attached hydrogens (tertiary/aromatic N) is 2. The van der Waals surface area contributed by atoms with Crippen molar-refractivity contribution in [3.8, 4) is 0 Å². The Bertz CT molecular complexity index is 430. The second-order valence-corrected chi connectivity index (χ2v) is 5.63. The van der Waals surface area contributed by atoms with Gasteiger partial charge in [-0.15, -0.1) is 3.89 Å². The lowest BCUT2D eigenvalue weighted by Gasteiger charge is -2.19. The zero-order chi connectivity index (χ0) is 13.1. The molecule has 1 amide bonds. The van der Waals surface area contributed by atoms with Crippen LogP contribution in [0.15, 0.2) is 17.3 Å². The van der Waals surface area contributed by atoms with Crippen molar-refractivity contribution >= 4 is 29.4 Å². The van der Waals surface area contributed by atoms with Crippen LogP contribution < -0.4 is 4.72 Å². The topological polar surface area (TPSA) is 73.2 Å². The first-order valence-corrected chi connectivity index (χ1v) is 6.40. The third-order valence-electron chi connectivity index (χ3n) is 1.41. The number of ether oxygens (including phenoxy) is 1. The monoisotopic (exact) mass is 281 g/mol. The summed E-state index contributed by atoms with van der Waals surface area (Å²) in [5.74, 6) is 0. The zero-order valence-electron chi connectivity index (χ0n) is 9.47. The fraction of sp³-hybridized carbons (Fsp3) is 0.500. The van der Waals surface area contributed by atoms with Gasteiger partial charge in [0.05, 0.1) is 6.20 Å². The zero-order valence-corrected chi connectivity index (χ0v) is 11.1. The Morgan fingerprint density at radius 1 is 1.65 bits per heavy atom. The predicted molar refractivity (Wildman–Crippen MR) is 62.1 cm³/mol. The van der Waals surface area contributed by atoms with E-state index in [-0.39, 0.29) is 17.4 Å². The molecule has 1 N–H and O–H groups in total. The third-order valence-corrected chi connectivity index (χ3v) is 2.99. The molecular formula is C8H12FN3O3S2. The van der Waals surface area contributed by atoms with Crippen molar-refractivity contribution in [2.24, 2.45) is 0 Å². The van der Waals surface area contributed by atoms with E-state index >= 15 is 0 Å². The quantitative estimate of drug-likeness (QED) is 0.914. The Kier molecular flexibility index (Phi) is 4.52. The molecule has 17 heavy (non-hydrogen) atoms. The van der Waals surface area contributed by atoms with E-state index in [1.165, 1.54) is 12.3 Å². The van der Waals surface area contributed by atoms with Crippen LogP contribution in [-0.2, 0) is 15.7 Å². The summed E-state index contributed by atoms with van der Waals surface area (Å²) in [4.78, 5) is 11.3. The van der Waals surface area contributed by atoms with Gasteiger partial charge in [-0.1, -0.05) is 0 Å². The van der Waals surface area contributed by atoms with Crippen LogP contribution in [0.2, 0.25) is 0 Å². The van der Waals surface area contributed by atoms with Gasteiger partial charge in [-0.2, -0.15) is 9.19 Å². The molecule has 0 spiro atoms. The first-order valence-electron chi connectivity index (χ1n) is 4.58. The fourth-order valence-electron chi connectivity index (χ4n) is 0.890. The molecule has 96 valence electrons. The van der Waals surface area contributed by atoms with E-state index in [0.717, 1.165) is 4.09 Å². The molecule has 6 nitrogen and oxygen atoms in total. The molecule has 1 unspecified atom stereocenters. The Morgan fingerprint density at radius 2 is 2.29 bits per heavy atom. The number of aromatic nitrogens is 2. The molecule has 0 saturated heterocycles. The molecule has 0 fully saturated rings. The molecule has 0 bridgehead atoms. The van der Waals surface area contributed by atoms with Crippen molar-refractivity contribution in [3.05, 3.63) is 12.3 Å². The first kappa shape index (κ1) is 14.0. The minimum absolute atomic E-state index is 0.0309. The van der Waals surface area contributed by atoms with Gasteiger partial charge in [0.2, 0.25) is 0 Å². The van der Waals surface area contributed by atoms with Crippen LogP contribution in [0.25, 0.3) is 0 Å². The maximum Gasteiger partial charge on any atom is 0.419 e. The second kappa shape index (κ2) is 5.50. The van der Waals surface area contributed by atoms with Gasteiger partial charge in [-0.3, -0.25) is 0 Å². The molecule has 1 aromatic heterocycles. The Morgan fingerprint density at radius 3 is 2.82 bits per heavy atom. The summed E-state index contributed by atoms with van der Waals surface area (Å²) in [5, 5.41) is 3.59. The second-order valence-electron chi connectivity index (χ2n) is 3.98. The summed E-state index contributed by atoms with van der Waals surface area (Å²) >= 11 is -0.209. The molecule has 0 aliphatic rings. The highest BCUT2D eigenvalue weighted by atomic mass is 32.2. The molecule has 0 saturated carbocycles. The van der Waals surface area contributed by atoms with E-state index in [4.69, 9.17) is 4.74 Å². The maximum atomic E-state index is 12.3. The summed E-state index contributed by atoms with van der Waals surface area (Å²) in [7, 11) is -1.91. The molecular weight excluding hydrogens is 269 g/mol. The fourth-order valence-corrected chi connectivity index (χ4v) is 2.07. The number of rotatable bonds is 3. The lowest BCUT2D eigenvalue weighted by molar-refractivity contribution is 0.0572. The highest BCUT2D eigenvalue weighted by Gasteiger charge is 2.20. The van der Waals surface area contributed by atoms with Crippen molar-refractivity contribution in [1.82, 2.24) is 13.9 Å². The van der Waals surface area contributed by atoms with Crippen LogP contribution in [0.4, 0.5) is 8.68 Å². The van der Waals surface area contributed by atoms with Gasteiger partial charge in [-0.05, 0) is 26.8 Å². The maximum absolute atomic E-state index is 12.3. The van der Waals surface area contributed by atoms with Crippen LogP contribution in [0, 0.1) is 0 Å². The predicted octanol–water partition coefficient (Wildman–Crippen LogP) is 1.81. The molecule has 9 heteroatoms. The standard InChI is InChI=1S/C8H12FN3O3S2/c1-8(2,3)15-7(13)11-17(14)6-4-5-10-12(6)16-9/h4-5H,1-3H3,(H,11,13). The van der Waals surface area contributed by atoms with Gasteiger partial charge in [0.25, 0.3) is 0 Å². The van der Waals surface area contributed by atoms with Crippen LogP contribution >= 0.6 is 12.3 Å². The van der Waals surface area contributed by atoms with Crippen molar-refractivity contribution < 1.29 is 17.6 Å². The van der Waals surface area contributed by atoms with Crippen LogP contribution in [0.3, 0.4) is 0 Å². The number of hydrogen-bond donors (Lipinski definition) is 1. The number of carbonyl (C=O) groups is 1. The van der Waals surface area contributed by atoms with Gasteiger partial charge in [-0.25, -0.2) is 13.7 Å². The van der Waals surface area contributed by atoms with E-state index in [1.807, 2.05) is 0 Å². The molecule has 1 aromatic rings. The number of hydrogen-bond acceptors (Lipinski definition) is 5. The number of amides is 1. The average Bonchev–Trinajstić information content (AvgIpc) is 2.61. The molecule has 0 radical (unpaired) electrons. The van der Waals surface area contributed by atoms with Crippen molar-refractivity contribution in [3.63, 3.8) is 0 Å². The van der Waals surface area contributed by atoms with E-state index in [9.17, 15) is 12.9 Å². The first-order chi connectivity index (χ1) is 7.83. The molecule has 0 aliphatic carbocycles. The molecule has 0 aromatic carbocycles. The van der Waals surface area contributed by atoms with Gasteiger partial charge in [0.15, 0.2) is 28.3 Å². The summed E-state index contributed by atoms with van der Waals surface area (Å²) in [6.07, 6.45) is 0.434. The number of halogens is 1. The van der Waals surface area contributed by atoms with Crippen LogP contribution in [-0.4, -0.2) is 25.1 Å². The Labute approximate surface area is 105 Å². The van der Waals surface area contributed by atoms with Gasteiger partial charge >= 0.3 is 6.09 Å². The summed E-state index contributed by atoms with van der Waals surface area (Å²) in [6, 6.07) is 1.33. The number of nitrogens with one attached hydrogen (secondary N) is 1. The highest BCUT2D eigenvalue weighted by Crippen LogP contribution is 2.13. The Hall–Kier alpha value is -1.09. The van der Waals surface area contributed by atoms with E-state index in [0.29, 0.717) is 0 Å².